The van der Waals surface area contributed by atoms with Crippen molar-refractivity contribution in [3.63, 3.8) is 0 Å². The molecule has 0 aromatic carbocycles. The summed E-state index contributed by atoms with van der Waals surface area (Å²) in [6.45, 7) is 7.94. The van der Waals surface area contributed by atoms with Gasteiger partial charge in [0.1, 0.15) is 0 Å². The Balaban J connectivity index is 3.83. The summed E-state index contributed by atoms with van der Waals surface area (Å²) in [6, 6.07) is 0. The summed E-state index contributed by atoms with van der Waals surface area (Å²) in [5.74, 6) is 0.309. The molecule has 0 radical (unpaired) electrons. The van der Waals surface area contributed by atoms with E-state index in [2.05, 4.69) is 0 Å². The Kier molecular flexibility index (Phi) is 7.85. The van der Waals surface area contributed by atoms with E-state index in [-0.39, 0.29) is 38.1 Å². The van der Waals surface area contributed by atoms with Gasteiger partial charge in [-0.2, -0.15) is 0 Å². The molecule has 0 fully saturated rings. The van der Waals surface area contributed by atoms with Crippen molar-refractivity contribution < 1.29 is 9.59 Å². The van der Waals surface area contributed by atoms with Gasteiger partial charge in [0.25, 0.3) is 0 Å². The van der Waals surface area contributed by atoms with E-state index in [0.29, 0.717) is 9.36 Å². The van der Waals surface area contributed by atoms with Crippen LogP contribution in [0.25, 0.3) is 0 Å². The number of carbonyl (C=O) groups is 2. The summed E-state index contributed by atoms with van der Waals surface area (Å²) in [5, 5.41) is 0. The summed E-state index contributed by atoms with van der Waals surface area (Å²) >= 11 is -0.133. The Bertz CT molecular complexity index is 182. The van der Waals surface area contributed by atoms with Gasteiger partial charge in [0.2, 0.25) is 0 Å². The van der Waals surface area contributed by atoms with Crippen LogP contribution >= 0.6 is 0 Å². The maximum absolute atomic E-state index is 11.5. The zero-order valence-corrected chi connectivity index (χ0v) is 12.6. The summed E-state index contributed by atoms with van der Waals surface area (Å²) < 4.78 is 0.633. The predicted molar refractivity (Wildman–Crippen MR) is 60.4 cm³/mol. The molecule has 0 aliphatic rings. The average Bonchev–Trinajstić information content (AvgIpc) is 2.22. The number of hydrogen-bond donors (Lipinski definition) is 0. The molecule has 0 spiro atoms. The van der Waals surface area contributed by atoms with Gasteiger partial charge in [-0.25, -0.2) is 0 Å². The minimum atomic E-state index is -0.0665. The Morgan fingerprint density at radius 1 is 0.929 bits per heavy atom. The van der Waals surface area contributed by atoms with E-state index in [0.717, 1.165) is 12.8 Å². The van der Waals surface area contributed by atoms with Crippen molar-refractivity contribution in [1.82, 2.24) is 0 Å². The first-order chi connectivity index (χ1) is 6.52. The molecule has 2 atom stereocenters. The van der Waals surface area contributed by atoms with Crippen molar-refractivity contribution in [1.29, 1.82) is 0 Å². The molecule has 0 N–H and O–H groups in total. The number of carbonyl (C=O) groups excluding carboxylic acids is 2. The van der Waals surface area contributed by atoms with E-state index >= 15 is 0 Å². The second-order valence-electron chi connectivity index (χ2n) is 3.42. The van der Waals surface area contributed by atoms with Gasteiger partial charge in [-0.05, 0) is 0 Å². The van der Waals surface area contributed by atoms with Crippen molar-refractivity contribution in [2.45, 2.75) is 40.5 Å². The maximum atomic E-state index is 11.5. The molecule has 0 aromatic rings. The van der Waals surface area contributed by atoms with Crippen LogP contribution in [0.5, 0.6) is 0 Å². The first-order valence-corrected chi connectivity index (χ1v) is 11.0. The van der Waals surface area contributed by atoms with Crippen LogP contribution in [0.4, 0.5) is 0 Å². The van der Waals surface area contributed by atoms with E-state index in [1.165, 1.54) is 0 Å². The van der Waals surface area contributed by atoms with Crippen LogP contribution < -0.4 is 0 Å². The fourth-order valence-electron chi connectivity index (χ4n) is 0.580. The molecule has 0 bridgehead atoms. The van der Waals surface area contributed by atoms with Gasteiger partial charge in [-0.15, -0.1) is 0 Å². The Morgan fingerprint density at radius 2 is 1.21 bits per heavy atom. The Morgan fingerprint density at radius 3 is 1.43 bits per heavy atom. The van der Waals surface area contributed by atoms with Gasteiger partial charge in [0.15, 0.2) is 0 Å². The third-order valence-electron chi connectivity index (χ3n) is 2.24. The zero-order valence-electron chi connectivity index (χ0n) is 9.20. The van der Waals surface area contributed by atoms with Gasteiger partial charge in [-0.3, -0.25) is 0 Å². The standard InChI is InChI=1S/C10H18O2Se2/c1-5-7(3)9(11)13-14-10(12)8(4)6-2/h7-8H,5-6H2,1-4H3. The Labute approximate surface area is 97.5 Å². The van der Waals surface area contributed by atoms with Crippen LogP contribution in [0, 0.1) is 11.8 Å². The van der Waals surface area contributed by atoms with Gasteiger partial charge < -0.3 is 0 Å². The van der Waals surface area contributed by atoms with Crippen molar-refractivity contribution in [3.05, 3.63) is 0 Å². The quantitative estimate of drug-likeness (QED) is 0.663. The summed E-state index contributed by atoms with van der Waals surface area (Å²) in [5.41, 5.74) is 0. The normalized spacial score (nSPS) is 14.9. The molecule has 4 heteroatoms. The number of hydrogen-bond acceptors (Lipinski definition) is 2. The van der Waals surface area contributed by atoms with E-state index in [9.17, 15) is 9.59 Å². The van der Waals surface area contributed by atoms with Crippen molar-refractivity contribution >= 4 is 35.6 Å². The number of rotatable bonds is 7. The SMILES string of the molecule is CCC(C)C(=O)[Se][Se]C(=O)C(C)CC. The van der Waals surface area contributed by atoms with Gasteiger partial charge >= 0.3 is 97.6 Å². The zero-order chi connectivity index (χ0) is 11.1. The van der Waals surface area contributed by atoms with E-state index in [4.69, 9.17) is 0 Å². The monoisotopic (exact) mass is 330 g/mol. The van der Waals surface area contributed by atoms with Crippen LogP contribution in [0.3, 0.4) is 0 Å². The molecule has 0 rings (SSSR count). The first kappa shape index (κ1) is 14.4. The molecule has 2 unspecified atom stereocenters. The molecule has 0 amide bonds. The second kappa shape index (κ2) is 7.64. The molecule has 14 heavy (non-hydrogen) atoms. The van der Waals surface area contributed by atoms with Gasteiger partial charge in [0, 0.05) is 0 Å². The van der Waals surface area contributed by atoms with Gasteiger partial charge in [0.05, 0.1) is 0 Å². The molecule has 82 valence electrons. The Hall–Kier alpha value is 0.379. The molecular formula is C10H18O2Se2. The van der Waals surface area contributed by atoms with Crippen molar-refractivity contribution in [2.24, 2.45) is 11.8 Å². The van der Waals surface area contributed by atoms with Crippen molar-refractivity contribution in [2.75, 3.05) is 0 Å². The molecule has 2 nitrogen and oxygen atoms in total. The first-order valence-electron chi connectivity index (χ1n) is 4.95. The fraction of sp³-hybridized carbons (Fsp3) is 0.800. The van der Waals surface area contributed by atoms with Crippen LogP contribution in [0.15, 0.2) is 0 Å². The third-order valence-corrected chi connectivity index (χ3v) is 9.28. The topological polar surface area (TPSA) is 34.1 Å². The second-order valence-corrected chi connectivity index (χ2v) is 9.45. The summed E-state index contributed by atoms with van der Waals surface area (Å²) in [6.07, 6.45) is 1.79. The molecule has 0 aliphatic carbocycles. The molecule has 0 heterocycles. The molecule has 0 saturated heterocycles. The van der Waals surface area contributed by atoms with Crippen LogP contribution in [0.2, 0.25) is 0 Å². The van der Waals surface area contributed by atoms with E-state index < -0.39 is 0 Å². The van der Waals surface area contributed by atoms with Gasteiger partial charge in [-0.1, -0.05) is 0 Å². The van der Waals surface area contributed by atoms with E-state index in [1.54, 1.807) is 0 Å². The molecule has 0 aromatic heterocycles. The third kappa shape index (κ3) is 5.31. The van der Waals surface area contributed by atoms with Crippen LogP contribution in [0.1, 0.15) is 40.5 Å². The summed E-state index contributed by atoms with van der Waals surface area (Å²) in [4.78, 5) is 23.0. The average molecular weight is 328 g/mol. The minimum absolute atomic E-state index is 0.0665. The van der Waals surface area contributed by atoms with E-state index in [1.807, 2.05) is 27.7 Å². The molecule has 0 aliphatic heterocycles. The van der Waals surface area contributed by atoms with Crippen LogP contribution in [-0.4, -0.2) is 35.6 Å². The molecular weight excluding hydrogens is 310 g/mol. The fourth-order valence-corrected chi connectivity index (χ4v) is 7.69. The summed E-state index contributed by atoms with van der Waals surface area (Å²) in [7, 11) is 0. The van der Waals surface area contributed by atoms with Crippen LogP contribution in [-0.2, 0) is 9.59 Å². The van der Waals surface area contributed by atoms with Crippen molar-refractivity contribution in [3.8, 4) is 0 Å². The predicted octanol–water partition coefficient (Wildman–Crippen LogP) is 1.46. The molecule has 0 saturated carbocycles.